The van der Waals surface area contributed by atoms with Crippen LogP contribution in [0, 0.1) is 5.92 Å². The average molecular weight is 524 g/mol. The highest BCUT2D eigenvalue weighted by Crippen LogP contribution is 2.53. The number of aromatic amines is 1. The number of nitrogens with one attached hydrogen (secondary N) is 2. The minimum absolute atomic E-state index is 0.000287. The molecule has 2 aromatic carbocycles. The number of Topliss-reactive ketones (excluding diaryl/α,β-unsaturated/α-hetero) is 1. The van der Waals surface area contributed by atoms with Crippen molar-refractivity contribution in [2.75, 3.05) is 26.1 Å². The molecule has 0 bridgehead atoms. The summed E-state index contributed by atoms with van der Waals surface area (Å²) in [6, 6.07) is 7.31. The molecule has 0 unspecified atom stereocenters. The number of H-pyrrole nitrogens is 1. The molecule has 3 aromatic rings. The van der Waals surface area contributed by atoms with Crippen LogP contribution in [-0.4, -0.2) is 48.0 Å². The van der Waals surface area contributed by atoms with Crippen LogP contribution in [0.1, 0.15) is 48.5 Å². The Bertz CT molecular complexity index is 1470. The van der Waals surface area contributed by atoms with Crippen LogP contribution >= 0.6 is 11.6 Å². The van der Waals surface area contributed by atoms with Crippen molar-refractivity contribution in [1.29, 1.82) is 0 Å². The van der Waals surface area contributed by atoms with Crippen LogP contribution < -0.4 is 19.5 Å². The number of ether oxygens (including phenoxy) is 4. The van der Waals surface area contributed by atoms with Gasteiger partial charge in [-0.25, -0.2) is 4.98 Å². The van der Waals surface area contributed by atoms with Gasteiger partial charge in [0.15, 0.2) is 5.75 Å². The number of carbonyl (C=O) groups excluding carboxylic acids is 2. The number of allylic oxidation sites excluding steroid dienone is 1. The topological polar surface area (TPSA) is 112 Å². The van der Waals surface area contributed by atoms with Crippen molar-refractivity contribution in [1.82, 2.24) is 9.97 Å². The Morgan fingerprint density at radius 3 is 2.70 bits per heavy atom. The van der Waals surface area contributed by atoms with Crippen molar-refractivity contribution >= 4 is 39.9 Å². The Hall–Kier alpha value is -3.56. The number of hydrogen-bond acceptors (Lipinski definition) is 8. The number of methoxy groups -OCH3 is 2. The zero-order chi connectivity index (χ0) is 25.9. The summed E-state index contributed by atoms with van der Waals surface area (Å²) in [5, 5.41) is 3.46. The number of halogens is 1. The van der Waals surface area contributed by atoms with Gasteiger partial charge in [0.25, 0.3) is 0 Å². The molecule has 3 atom stereocenters. The number of rotatable bonds is 5. The molecule has 3 aliphatic rings. The Labute approximate surface area is 218 Å². The van der Waals surface area contributed by atoms with E-state index < -0.39 is 23.1 Å². The Kier molecular flexibility index (Phi) is 5.65. The highest BCUT2D eigenvalue weighted by atomic mass is 35.5. The van der Waals surface area contributed by atoms with Gasteiger partial charge in [0.05, 0.1) is 25.3 Å². The number of fused-ring (bicyclic) bond motifs is 2. The molecule has 1 fully saturated rings. The van der Waals surface area contributed by atoms with Crippen LogP contribution in [0.25, 0.3) is 11.0 Å². The van der Waals surface area contributed by atoms with Gasteiger partial charge in [0, 0.05) is 36.1 Å². The predicted molar refractivity (Wildman–Crippen MR) is 137 cm³/mol. The molecular weight excluding hydrogens is 498 g/mol. The van der Waals surface area contributed by atoms with Gasteiger partial charge in [0.2, 0.25) is 17.2 Å². The van der Waals surface area contributed by atoms with E-state index in [1.807, 2.05) is 25.1 Å². The van der Waals surface area contributed by atoms with Gasteiger partial charge in [-0.15, -0.1) is 0 Å². The second-order valence-electron chi connectivity index (χ2n) is 9.59. The normalized spacial score (nSPS) is 24.8. The summed E-state index contributed by atoms with van der Waals surface area (Å²) in [6.07, 6.45) is 3.83. The summed E-state index contributed by atoms with van der Waals surface area (Å²) >= 11 is 6.46. The van der Waals surface area contributed by atoms with Crippen LogP contribution in [0.2, 0.25) is 5.02 Å². The molecule has 0 saturated carbocycles. The third-order valence-electron chi connectivity index (χ3n) is 7.35. The molecule has 192 valence electrons. The molecule has 1 saturated heterocycles. The molecule has 1 aromatic heterocycles. The Balaban J connectivity index is 1.29. The molecule has 3 heterocycles. The molecule has 9 nitrogen and oxygen atoms in total. The lowest BCUT2D eigenvalue weighted by atomic mass is 9.74. The summed E-state index contributed by atoms with van der Waals surface area (Å²) in [4.78, 5) is 35.2. The van der Waals surface area contributed by atoms with Crippen molar-refractivity contribution in [3.63, 3.8) is 0 Å². The van der Waals surface area contributed by atoms with Crippen LogP contribution in [-0.2, 0) is 9.53 Å². The second-order valence-corrected chi connectivity index (χ2v) is 9.96. The molecule has 10 heteroatoms. The molecular formula is C27H26ClN3O6. The highest BCUT2D eigenvalue weighted by molar-refractivity contribution is 6.36. The standard InChI is InChI=1S/C27H26ClN3O6/c1-13-9-15(29-14-6-7-16-17(10-14)31-26(30-16)18-5-4-8-36-18)11-21(32)27(13)25(33)22-19(34-2)12-20(35-3)23(28)24(22)37-27/h6-7,10-13,18,29H,4-5,8-9H2,1-3H3,(H,30,31)/t13-,18-,27+/m1/s1. The lowest BCUT2D eigenvalue weighted by Gasteiger charge is -2.35. The molecule has 2 N–H and O–H groups in total. The summed E-state index contributed by atoms with van der Waals surface area (Å²) in [5.74, 6) is 0.108. The fourth-order valence-electron chi connectivity index (χ4n) is 5.45. The quantitative estimate of drug-likeness (QED) is 0.449. The van der Waals surface area contributed by atoms with E-state index in [2.05, 4.69) is 15.3 Å². The monoisotopic (exact) mass is 523 g/mol. The molecule has 6 rings (SSSR count). The molecule has 0 radical (unpaired) electrons. The van der Waals surface area contributed by atoms with Gasteiger partial charge in [0.1, 0.15) is 34.0 Å². The SMILES string of the molecule is COc1cc(OC)c2c(c1Cl)O[C@@]1(C(=O)C=C(Nc3ccc4nc([C@H]5CCCO5)[nH]c4c3)C[C@H]1C)C2=O. The van der Waals surface area contributed by atoms with Crippen molar-refractivity contribution in [2.24, 2.45) is 5.92 Å². The van der Waals surface area contributed by atoms with E-state index in [4.69, 9.17) is 30.5 Å². The number of aromatic nitrogens is 2. The van der Waals surface area contributed by atoms with Gasteiger partial charge < -0.3 is 29.2 Å². The summed E-state index contributed by atoms with van der Waals surface area (Å²) in [5.41, 5.74) is 1.66. The van der Waals surface area contributed by atoms with Crippen LogP contribution in [0.4, 0.5) is 5.69 Å². The van der Waals surface area contributed by atoms with Crippen LogP contribution in [0.15, 0.2) is 36.0 Å². The van der Waals surface area contributed by atoms with Crippen LogP contribution in [0.5, 0.6) is 17.2 Å². The van der Waals surface area contributed by atoms with Crippen molar-refractivity contribution < 1.29 is 28.5 Å². The largest absolute Gasteiger partial charge is 0.496 e. The van der Waals surface area contributed by atoms with Crippen molar-refractivity contribution in [2.45, 2.75) is 37.9 Å². The molecule has 2 aliphatic heterocycles. The number of ketones is 2. The lowest BCUT2D eigenvalue weighted by molar-refractivity contribution is -0.129. The Morgan fingerprint density at radius 1 is 1.19 bits per heavy atom. The first-order valence-corrected chi connectivity index (χ1v) is 12.5. The summed E-state index contributed by atoms with van der Waals surface area (Å²) in [7, 11) is 2.90. The van der Waals surface area contributed by atoms with Gasteiger partial charge in [-0.05, 0) is 37.5 Å². The molecule has 1 spiro atoms. The minimum Gasteiger partial charge on any atom is -0.496 e. The van der Waals surface area contributed by atoms with E-state index in [9.17, 15) is 9.59 Å². The maximum Gasteiger partial charge on any atom is 0.236 e. The zero-order valence-corrected chi connectivity index (χ0v) is 21.4. The number of anilines is 1. The van der Waals surface area contributed by atoms with E-state index in [1.165, 1.54) is 26.4 Å². The van der Waals surface area contributed by atoms with E-state index in [1.54, 1.807) is 0 Å². The van der Waals surface area contributed by atoms with E-state index >= 15 is 0 Å². The number of hydrogen-bond donors (Lipinski definition) is 2. The third-order valence-corrected chi connectivity index (χ3v) is 7.71. The number of benzene rings is 2. The van der Waals surface area contributed by atoms with Gasteiger partial charge in [-0.2, -0.15) is 0 Å². The first-order valence-electron chi connectivity index (χ1n) is 12.2. The molecule has 37 heavy (non-hydrogen) atoms. The van der Waals surface area contributed by atoms with Gasteiger partial charge in [-0.1, -0.05) is 18.5 Å². The summed E-state index contributed by atoms with van der Waals surface area (Å²) in [6.45, 7) is 2.57. The Morgan fingerprint density at radius 2 is 2.00 bits per heavy atom. The molecule has 0 amide bonds. The number of carbonyl (C=O) groups is 2. The fourth-order valence-corrected chi connectivity index (χ4v) is 5.72. The van der Waals surface area contributed by atoms with Crippen LogP contribution in [0.3, 0.4) is 0 Å². The van der Waals surface area contributed by atoms with Crippen molar-refractivity contribution in [3.05, 3.63) is 52.4 Å². The van der Waals surface area contributed by atoms with Gasteiger partial charge >= 0.3 is 0 Å². The minimum atomic E-state index is -1.71. The first kappa shape index (κ1) is 23.8. The fraction of sp³-hybridized carbons (Fsp3) is 0.370. The summed E-state index contributed by atoms with van der Waals surface area (Å²) < 4.78 is 22.5. The number of imidazole rings is 1. The van der Waals surface area contributed by atoms with Crippen molar-refractivity contribution in [3.8, 4) is 17.2 Å². The van der Waals surface area contributed by atoms with Gasteiger partial charge in [-0.3, -0.25) is 9.59 Å². The first-order chi connectivity index (χ1) is 17.8. The number of nitrogens with zero attached hydrogens (tertiary/aromatic N) is 1. The zero-order valence-electron chi connectivity index (χ0n) is 20.6. The third kappa shape index (κ3) is 3.59. The smallest absolute Gasteiger partial charge is 0.236 e. The average Bonchev–Trinajstić information content (AvgIpc) is 3.62. The molecule has 1 aliphatic carbocycles. The highest BCUT2D eigenvalue weighted by Gasteiger charge is 2.60. The maximum absolute atomic E-state index is 13.7. The van der Waals surface area contributed by atoms with E-state index in [-0.39, 0.29) is 28.2 Å². The predicted octanol–water partition coefficient (Wildman–Crippen LogP) is 5.00. The lowest BCUT2D eigenvalue weighted by Crippen LogP contribution is -2.55. The maximum atomic E-state index is 13.7. The second kappa shape index (κ2) is 8.78. The van der Waals surface area contributed by atoms with E-state index in [0.717, 1.165) is 42.0 Å². The van der Waals surface area contributed by atoms with E-state index in [0.29, 0.717) is 17.9 Å².